The van der Waals surface area contributed by atoms with Gasteiger partial charge in [-0.2, -0.15) is 5.26 Å². The van der Waals surface area contributed by atoms with Crippen molar-refractivity contribution >= 4 is 54.8 Å². The van der Waals surface area contributed by atoms with Gasteiger partial charge in [-0.3, -0.25) is 9.59 Å². The van der Waals surface area contributed by atoms with Gasteiger partial charge in [-0.05, 0) is 60.7 Å². The van der Waals surface area contributed by atoms with Gasteiger partial charge in [0.25, 0.3) is 0 Å². The number of nitrogens with one attached hydrogen (secondary N) is 2. The Hall–Kier alpha value is -4.85. The third kappa shape index (κ3) is 32.9. The molecule has 0 saturated carbocycles. The number of para-hydroxylation sites is 2. The van der Waals surface area contributed by atoms with Crippen molar-refractivity contribution in [3.63, 3.8) is 0 Å². The second kappa shape index (κ2) is 31.7. The van der Waals surface area contributed by atoms with E-state index >= 15 is 0 Å². The minimum atomic E-state index is -1.75. The summed E-state index contributed by atoms with van der Waals surface area (Å²) in [4.78, 5) is 47.8. The quantitative estimate of drug-likeness (QED) is 0.161. The molecule has 5 N–H and O–H groups in total. The van der Waals surface area contributed by atoms with Crippen molar-refractivity contribution < 1.29 is 70.3 Å². The molecule has 0 unspecified atom stereocenters. The zero-order chi connectivity index (χ0) is 36.2. The Morgan fingerprint density at radius 3 is 1.12 bits per heavy atom. The number of carbonyl (C=O) groups is 2. The maximum absolute atomic E-state index is 11.5. The van der Waals surface area contributed by atoms with E-state index in [-0.39, 0.29) is 57.0 Å². The van der Waals surface area contributed by atoms with Gasteiger partial charge in [0.05, 0.1) is 21.3 Å². The molecule has 4 rings (SSSR count). The summed E-state index contributed by atoms with van der Waals surface area (Å²) in [5.74, 6) is 0.0123. The van der Waals surface area contributed by atoms with Gasteiger partial charge in [-0.15, -0.1) is 0 Å². The molecule has 261 valence electrons. The molecule has 0 spiro atoms. The Morgan fingerprint density at radius 2 is 0.878 bits per heavy atom. The van der Waals surface area contributed by atoms with Crippen molar-refractivity contribution in [2.24, 2.45) is 0 Å². The second-order valence-electron chi connectivity index (χ2n) is 7.57. The molecule has 0 amide bonds. The first-order valence-electron chi connectivity index (χ1n) is 12.1. The molecule has 0 atom stereocenters. The van der Waals surface area contributed by atoms with Gasteiger partial charge >= 0.3 is 39.9 Å². The van der Waals surface area contributed by atoms with Crippen molar-refractivity contribution in [1.29, 1.82) is 5.26 Å². The number of nitriles is 1. The van der Waals surface area contributed by atoms with Gasteiger partial charge in [0.1, 0.15) is 0 Å². The topological polar surface area (TPSA) is 314 Å². The number of rotatable bonds is 4. The van der Waals surface area contributed by atoms with Gasteiger partial charge in [-0.1, -0.05) is 68.3 Å². The molecule has 0 bridgehead atoms. The van der Waals surface area contributed by atoms with E-state index in [9.17, 15) is 9.59 Å². The molecule has 2 aliphatic carbocycles. The molecule has 2 aromatic carbocycles. The van der Waals surface area contributed by atoms with Gasteiger partial charge in [0, 0.05) is 50.8 Å². The van der Waals surface area contributed by atoms with Crippen LogP contribution in [0.1, 0.15) is 6.92 Å². The standard InChI is InChI=1S/2C13H10BrNO.C2H3N.Gd.3NO3.H2O/c2*14-11-6-7-13(16)10(8-11)9-15-12-4-2-1-3-5-12;1-2-3;;3*2-1(3)4;/h2*1-9,15H;1H3;;;;;1H2/q;;;+3;3*-1;/p+1/b2*10-9-;;;;;;. The number of ketones is 2. The molecular formula is C28H26Br2GdN6O12+. The summed E-state index contributed by atoms with van der Waals surface area (Å²) >= 11 is 6.67. The minimum absolute atomic E-state index is 0. The van der Waals surface area contributed by atoms with E-state index in [1.165, 1.54) is 6.92 Å². The Bertz CT molecular complexity index is 1440. The van der Waals surface area contributed by atoms with Crippen molar-refractivity contribution in [1.82, 2.24) is 0 Å². The van der Waals surface area contributed by atoms with E-state index in [2.05, 4.69) is 42.5 Å². The third-order valence-electron chi connectivity index (χ3n) is 4.28. The largest absolute Gasteiger partial charge is 3.00 e. The van der Waals surface area contributed by atoms with Crippen LogP contribution in [0, 0.1) is 97.2 Å². The third-order valence-corrected chi connectivity index (χ3v) is 5.27. The molecule has 18 nitrogen and oxygen atoms in total. The summed E-state index contributed by atoms with van der Waals surface area (Å²) < 4.78 is 1.79. The average Bonchev–Trinajstić information content (AvgIpc) is 2.99. The minimum Gasteiger partial charge on any atom is -0.457 e. The molecule has 0 fully saturated rings. The normalized spacial score (nSPS) is 13.0. The zero-order valence-electron chi connectivity index (χ0n) is 24.9. The van der Waals surface area contributed by atoms with E-state index in [0.717, 1.165) is 20.3 Å². The van der Waals surface area contributed by atoms with E-state index in [0.29, 0.717) is 11.1 Å². The summed E-state index contributed by atoms with van der Waals surface area (Å²) in [6.07, 6.45) is 13.6. The van der Waals surface area contributed by atoms with Gasteiger partial charge in [0.2, 0.25) is 0 Å². The van der Waals surface area contributed by atoms with Crippen molar-refractivity contribution in [3.8, 4) is 6.07 Å². The first kappa shape index (κ1) is 51.0. The Labute approximate surface area is 327 Å². The molecule has 1 radical (unpaired) electrons. The first-order valence-corrected chi connectivity index (χ1v) is 13.7. The number of halogens is 2. The maximum atomic E-state index is 11.5. The van der Waals surface area contributed by atoms with Crippen LogP contribution in [0.4, 0.5) is 11.4 Å². The van der Waals surface area contributed by atoms with Gasteiger partial charge in [0.15, 0.2) is 11.6 Å². The summed E-state index contributed by atoms with van der Waals surface area (Å²) in [6.45, 7) is 1.43. The van der Waals surface area contributed by atoms with Gasteiger partial charge in [-0.25, -0.2) is 0 Å². The number of hydrogen-bond donors (Lipinski definition) is 2. The summed E-state index contributed by atoms with van der Waals surface area (Å²) in [5, 5.41) is 57.7. The average molecular weight is 956 g/mol. The van der Waals surface area contributed by atoms with E-state index in [1.54, 1.807) is 54.9 Å². The monoisotopic (exact) mass is 954 g/mol. The van der Waals surface area contributed by atoms with Gasteiger partial charge < -0.3 is 62.1 Å². The van der Waals surface area contributed by atoms with Crippen LogP contribution < -0.4 is 10.6 Å². The van der Waals surface area contributed by atoms with Crippen LogP contribution in [-0.2, 0) is 15.1 Å². The predicted octanol–water partition coefficient (Wildman–Crippen LogP) is 5.69. The fraction of sp³-hybridized carbons (Fsp3) is 0.0357. The van der Waals surface area contributed by atoms with Crippen LogP contribution in [0.3, 0.4) is 0 Å². The Morgan fingerprint density at radius 1 is 0.633 bits per heavy atom. The molecule has 0 aliphatic heterocycles. The number of nitrogens with zero attached hydrogens (tertiary/aromatic N) is 4. The van der Waals surface area contributed by atoms with Crippen LogP contribution in [-0.4, -0.2) is 26.8 Å². The second-order valence-corrected chi connectivity index (χ2v) is 9.40. The number of allylic oxidation sites excluding steroid dienone is 10. The summed E-state index contributed by atoms with van der Waals surface area (Å²) in [6, 6.07) is 21.2. The fourth-order valence-electron chi connectivity index (χ4n) is 2.66. The van der Waals surface area contributed by atoms with Crippen molar-refractivity contribution in [2.75, 3.05) is 10.6 Å². The SMILES string of the molecule is CC#N.O=C1C=CC(Br)=C/C1=C/Nc1ccccc1.O=C1C=CC(Br)=C/C1=C/Nc1ccccc1.O=[N+]([O-])[O-].O=[N+]([O-])[O-].O=[N+]([O-])[O-].[Gd+3].[OH3+]. The van der Waals surface area contributed by atoms with Crippen LogP contribution in [0.2, 0.25) is 0 Å². The number of anilines is 2. The zero-order valence-corrected chi connectivity index (χ0v) is 30.3. The smallest absolute Gasteiger partial charge is 0.457 e. The predicted molar refractivity (Wildman–Crippen MR) is 186 cm³/mol. The molecule has 0 saturated heterocycles. The Kier molecular flexibility index (Phi) is 33.0. The fourth-order valence-corrected chi connectivity index (χ4v) is 3.41. The molecule has 49 heavy (non-hydrogen) atoms. The number of hydrogen-bond acceptors (Lipinski definition) is 14. The molecule has 0 aromatic heterocycles. The summed E-state index contributed by atoms with van der Waals surface area (Å²) in [5.41, 5.74) is 3.19. The van der Waals surface area contributed by atoms with Crippen LogP contribution in [0.15, 0.2) is 130 Å². The molecule has 2 aromatic rings. The van der Waals surface area contributed by atoms with Crippen LogP contribution in [0.5, 0.6) is 0 Å². The first-order chi connectivity index (χ1) is 22.1. The molecule has 2 aliphatic rings. The maximum Gasteiger partial charge on any atom is 3.00 e. The number of benzene rings is 2. The molecular weight excluding hydrogens is 929 g/mol. The summed E-state index contributed by atoms with van der Waals surface area (Å²) in [7, 11) is 0. The number of carbonyl (C=O) groups excluding carboxylic acids is 2. The van der Waals surface area contributed by atoms with E-state index in [1.807, 2.05) is 60.7 Å². The van der Waals surface area contributed by atoms with Crippen LogP contribution in [0.25, 0.3) is 0 Å². The van der Waals surface area contributed by atoms with E-state index in [4.69, 9.17) is 51.2 Å². The van der Waals surface area contributed by atoms with Crippen molar-refractivity contribution in [2.45, 2.75) is 6.92 Å². The van der Waals surface area contributed by atoms with Crippen molar-refractivity contribution in [3.05, 3.63) is 176 Å². The Balaban J connectivity index is -0.000000287. The molecule has 21 heteroatoms. The van der Waals surface area contributed by atoms with Crippen LogP contribution >= 0.6 is 31.9 Å². The molecule has 0 heterocycles. The van der Waals surface area contributed by atoms with E-state index < -0.39 is 15.3 Å².